The average molecular weight is 401 g/mol. The van der Waals surface area contributed by atoms with Gasteiger partial charge in [-0.1, -0.05) is 30.3 Å². The zero-order valence-electron chi connectivity index (χ0n) is 14.7. The van der Waals surface area contributed by atoms with Crippen LogP contribution >= 0.6 is 0 Å². The van der Waals surface area contributed by atoms with Crippen molar-refractivity contribution < 1.29 is 27.5 Å². The van der Waals surface area contributed by atoms with Crippen LogP contribution in [0.25, 0.3) is 0 Å². The van der Waals surface area contributed by atoms with Crippen LogP contribution < -0.4 is 15.4 Å². The molecule has 0 bridgehead atoms. The maximum atomic E-state index is 13.1. The van der Waals surface area contributed by atoms with Crippen LogP contribution in [-0.4, -0.2) is 16.9 Å². The lowest BCUT2D eigenvalue weighted by Gasteiger charge is -2.15. The molecule has 0 fully saturated rings. The van der Waals surface area contributed by atoms with E-state index in [1.54, 1.807) is 24.3 Å². The number of hydrogen-bond acceptors (Lipinski definition) is 4. The first-order valence-electron chi connectivity index (χ1n) is 8.31. The van der Waals surface area contributed by atoms with E-state index >= 15 is 0 Å². The normalized spacial score (nSPS) is 10.9. The van der Waals surface area contributed by atoms with Crippen LogP contribution in [-0.2, 0) is 6.18 Å². The fourth-order valence-corrected chi connectivity index (χ4v) is 2.37. The summed E-state index contributed by atoms with van der Waals surface area (Å²) < 4.78 is 44.7. The predicted octanol–water partition coefficient (Wildman–Crippen LogP) is 4.85. The van der Waals surface area contributed by atoms with E-state index in [9.17, 15) is 22.8 Å². The standard InChI is InChI=1S/C20H14F3N3O3/c21-20(22,23)14-9-6-12-24-18(14)29-16-11-5-4-10-15(16)25-19(28)26-17(27)13-7-2-1-3-8-13/h1-12H,(H2,25,26,27,28). The summed E-state index contributed by atoms with van der Waals surface area (Å²) in [5, 5.41) is 4.52. The van der Waals surface area contributed by atoms with Gasteiger partial charge in [-0.25, -0.2) is 9.78 Å². The van der Waals surface area contributed by atoms with Crippen molar-refractivity contribution in [3.8, 4) is 11.6 Å². The predicted molar refractivity (Wildman–Crippen MR) is 98.7 cm³/mol. The first-order valence-corrected chi connectivity index (χ1v) is 8.31. The molecule has 6 nitrogen and oxygen atoms in total. The van der Waals surface area contributed by atoms with E-state index in [1.165, 1.54) is 30.3 Å². The number of amides is 3. The highest BCUT2D eigenvalue weighted by molar-refractivity contribution is 6.08. The molecule has 0 spiro atoms. The Morgan fingerprint density at radius 2 is 1.59 bits per heavy atom. The lowest BCUT2D eigenvalue weighted by Crippen LogP contribution is -2.34. The van der Waals surface area contributed by atoms with Crippen molar-refractivity contribution in [2.75, 3.05) is 5.32 Å². The molecule has 0 aliphatic carbocycles. The molecule has 0 saturated carbocycles. The molecule has 0 aliphatic heterocycles. The lowest BCUT2D eigenvalue weighted by molar-refractivity contribution is -0.138. The second-order valence-corrected chi connectivity index (χ2v) is 5.73. The molecular formula is C20H14F3N3O3. The van der Waals surface area contributed by atoms with Gasteiger partial charge >= 0.3 is 12.2 Å². The Morgan fingerprint density at radius 1 is 0.897 bits per heavy atom. The maximum Gasteiger partial charge on any atom is 0.421 e. The number of anilines is 1. The Labute approximate surface area is 163 Å². The summed E-state index contributed by atoms with van der Waals surface area (Å²) in [6.45, 7) is 0. The van der Waals surface area contributed by atoms with E-state index in [0.717, 1.165) is 18.3 Å². The number of benzene rings is 2. The van der Waals surface area contributed by atoms with Gasteiger partial charge in [0, 0.05) is 11.8 Å². The summed E-state index contributed by atoms with van der Waals surface area (Å²) in [6.07, 6.45) is -3.50. The number of rotatable bonds is 4. The van der Waals surface area contributed by atoms with Crippen LogP contribution in [0.5, 0.6) is 11.6 Å². The zero-order chi connectivity index (χ0) is 20.9. The first-order chi connectivity index (χ1) is 13.8. The van der Waals surface area contributed by atoms with Crippen molar-refractivity contribution >= 4 is 17.6 Å². The van der Waals surface area contributed by atoms with Gasteiger partial charge in [0.2, 0.25) is 5.88 Å². The topological polar surface area (TPSA) is 80.3 Å². The number of urea groups is 1. The number of hydrogen-bond donors (Lipinski definition) is 2. The van der Waals surface area contributed by atoms with E-state index in [0.29, 0.717) is 0 Å². The zero-order valence-corrected chi connectivity index (χ0v) is 14.7. The molecule has 2 N–H and O–H groups in total. The molecule has 0 radical (unpaired) electrons. The minimum atomic E-state index is -4.66. The van der Waals surface area contributed by atoms with Gasteiger partial charge in [0.05, 0.1) is 5.69 Å². The Morgan fingerprint density at radius 3 is 2.31 bits per heavy atom. The van der Waals surface area contributed by atoms with Crippen LogP contribution in [0.1, 0.15) is 15.9 Å². The highest BCUT2D eigenvalue weighted by atomic mass is 19.4. The van der Waals surface area contributed by atoms with Gasteiger partial charge in [-0.15, -0.1) is 0 Å². The number of carbonyl (C=O) groups is 2. The maximum absolute atomic E-state index is 13.1. The summed E-state index contributed by atoms with van der Waals surface area (Å²) in [5.74, 6) is -1.36. The van der Waals surface area contributed by atoms with Crippen molar-refractivity contribution in [2.24, 2.45) is 0 Å². The smallest absolute Gasteiger partial charge is 0.421 e. The van der Waals surface area contributed by atoms with Crippen LogP contribution in [0.2, 0.25) is 0 Å². The fraction of sp³-hybridized carbons (Fsp3) is 0.0500. The molecule has 1 heterocycles. The number of aromatic nitrogens is 1. The molecule has 3 aromatic rings. The molecule has 148 valence electrons. The third-order valence-electron chi connectivity index (χ3n) is 3.68. The largest absolute Gasteiger partial charge is 0.436 e. The van der Waals surface area contributed by atoms with Gasteiger partial charge in [0.15, 0.2) is 5.75 Å². The SMILES string of the molecule is O=C(NC(=O)c1ccccc1)Nc1ccccc1Oc1ncccc1C(F)(F)F. The van der Waals surface area contributed by atoms with Crippen molar-refractivity contribution in [3.63, 3.8) is 0 Å². The summed E-state index contributed by atoms with van der Waals surface area (Å²) in [4.78, 5) is 27.8. The number of nitrogens with one attached hydrogen (secondary N) is 2. The number of para-hydroxylation sites is 2. The number of ether oxygens (including phenoxy) is 1. The Kier molecular flexibility index (Phi) is 5.77. The van der Waals surface area contributed by atoms with Gasteiger partial charge < -0.3 is 10.1 Å². The van der Waals surface area contributed by atoms with E-state index < -0.39 is 29.6 Å². The molecule has 3 amide bonds. The minimum absolute atomic E-state index is 0.0599. The van der Waals surface area contributed by atoms with E-state index in [1.807, 2.05) is 0 Å². The van der Waals surface area contributed by atoms with Gasteiger partial charge in [-0.05, 0) is 36.4 Å². The Hall–Kier alpha value is -3.88. The van der Waals surface area contributed by atoms with E-state index in [2.05, 4.69) is 15.6 Å². The van der Waals surface area contributed by atoms with Crippen LogP contribution in [0.15, 0.2) is 72.9 Å². The van der Waals surface area contributed by atoms with Crippen LogP contribution in [0, 0.1) is 0 Å². The second kappa shape index (κ2) is 8.42. The summed E-state index contributed by atoms with van der Waals surface area (Å²) >= 11 is 0. The molecule has 9 heteroatoms. The average Bonchev–Trinajstić information content (AvgIpc) is 2.69. The molecule has 2 aromatic carbocycles. The quantitative estimate of drug-likeness (QED) is 0.655. The number of pyridine rings is 1. The lowest BCUT2D eigenvalue weighted by atomic mass is 10.2. The number of carbonyl (C=O) groups excluding carboxylic acids is 2. The summed E-state index contributed by atoms with van der Waals surface area (Å²) in [5.41, 5.74) is -0.723. The number of nitrogens with zero attached hydrogens (tertiary/aromatic N) is 1. The molecule has 0 atom stereocenters. The Bertz CT molecular complexity index is 1020. The fourth-order valence-electron chi connectivity index (χ4n) is 2.37. The first kappa shape index (κ1) is 19.9. The second-order valence-electron chi connectivity index (χ2n) is 5.73. The van der Waals surface area contributed by atoms with Crippen molar-refractivity contribution in [2.45, 2.75) is 6.18 Å². The molecule has 1 aromatic heterocycles. The summed E-state index contributed by atoms with van der Waals surface area (Å²) in [6, 6.07) is 15.0. The van der Waals surface area contributed by atoms with Crippen LogP contribution in [0.4, 0.5) is 23.7 Å². The molecule has 0 unspecified atom stereocenters. The van der Waals surface area contributed by atoms with Crippen molar-refractivity contribution in [1.29, 1.82) is 0 Å². The van der Waals surface area contributed by atoms with Gasteiger partial charge in [0.1, 0.15) is 5.56 Å². The van der Waals surface area contributed by atoms with Crippen LogP contribution in [0.3, 0.4) is 0 Å². The minimum Gasteiger partial charge on any atom is -0.436 e. The molecule has 0 aliphatic rings. The van der Waals surface area contributed by atoms with Gasteiger partial charge in [-0.3, -0.25) is 10.1 Å². The molecular weight excluding hydrogens is 387 g/mol. The third kappa shape index (κ3) is 5.10. The monoisotopic (exact) mass is 401 g/mol. The van der Waals surface area contributed by atoms with Crippen molar-refractivity contribution in [3.05, 3.63) is 84.1 Å². The number of alkyl halides is 3. The van der Waals surface area contributed by atoms with E-state index in [4.69, 9.17) is 4.74 Å². The van der Waals surface area contributed by atoms with Gasteiger partial charge in [0.25, 0.3) is 5.91 Å². The molecule has 0 saturated heterocycles. The van der Waals surface area contributed by atoms with Gasteiger partial charge in [-0.2, -0.15) is 13.2 Å². The summed E-state index contributed by atoms with van der Waals surface area (Å²) in [7, 11) is 0. The third-order valence-corrected chi connectivity index (χ3v) is 3.68. The molecule has 29 heavy (non-hydrogen) atoms. The number of imide groups is 1. The Balaban J connectivity index is 1.76. The van der Waals surface area contributed by atoms with E-state index in [-0.39, 0.29) is 17.0 Å². The molecule has 3 rings (SSSR count). The number of halogens is 3. The highest BCUT2D eigenvalue weighted by Crippen LogP contribution is 2.38. The highest BCUT2D eigenvalue weighted by Gasteiger charge is 2.35. The van der Waals surface area contributed by atoms with Crippen molar-refractivity contribution in [1.82, 2.24) is 10.3 Å².